The highest BCUT2D eigenvalue weighted by molar-refractivity contribution is 8.09. The predicted octanol–water partition coefficient (Wildman–Crippen LogP) is 10.2. The van der Waals surface area contributed by atoms with E-state index in [9.17, 15) is 0 Å². The standard InChI is InChI=1S/C32H32S2/c1-8-10-16-22(3)25(6)30-31(26(7)23(4)17-11-9-2)34-32-28(21-20-24(5)29(32)33-30)27-18-14-12-13-15-19-27/h8-14,16-21H,1,3,6-7,15H2,2,4-5H3/b11-9-,16-10-,23-17+. The van der Waals surface area contributed by atoms with Crippen LogP contribution in [0, 0.1) is 6.92 Å². The molecule has 0 fully saturated rings. The lowest BCUT2D eigenvalue weighted by molar-refractivity contribution is 1.15. The molecule has 1 aromatic rings. The van der Waals surface area contributed by atoms with Crippen molar-refractivity contribution in [1.29, 1.82) is 0 Å². The van der Waals surface area contributed by atoms with Gasteiger partial charge in [0.1, 0.15) is 0 Å². The quantitative estimate of drug-likeness (QED) is 0.339. The van der Waals surface area contributed by atoms with Crippen LogP contribution in [0.1, 0.15) is 31.4 Å². The number of rotatable bonds is 8. The van der Waals surface area contributed by atoms with E-state index in [0.29, 0.717) is 0 Å². The maximum absolute atomic E-state index is 4.50. The van der Waals surface area contributed by atoms with E-state index in [0.717, 1.165) is 38.5 Å². The fourth-order valence-electron chi connectivity index (χ4n) is 3.54. The fraction of sp³-hybridized carbons (Fsp3) is 0.125. The summed E-state index contributed by atoms with van der Waals surface area (Å²) in [6.45, 7) is 23.3. The molecule has 3 rings (SSSR count). The van der Waals surface area contributed by atoms with Gasteiger partial charge < -0.3 is 0 Å². The van der Waals surface area contributed by atoms with Crippen molar-refractivity contribution in [2.45, 2.75) is 37.0 Å². The fourth-order valence-corrected chi connectivity index (χ4v) is 6.40. The van der Waals surface area contributed by atoms with Gasteiger partial charge in [-0.3, -0.25) is 0 Å². The number of thioether (sulfide) groups is 2. The van der Waals surface area contributed by atoms with Gasteiger partial charge in [-0.05, 0) is 66.2 Å². The minimum atomic E-state index is 0.876. The molecule has 1 aromatic carbocycles. The summed E-state index contributed by atoms with van der Waals surface area (Å²) in [4.78, 5) is 4.80. The summed E-state index contributed by atoms with van der Waals surface area (Å²) in [7, 11) is 0. The molecular formula is C32H32S2. The van der Waals surface area contributed by atoms with Gasteiger partial charge in [-0.1, -0.05) is 129 Å². The number of allylic oxidation sites excluding steroid dienone is 16. The number of fused-ring (bicyclic) bond motifs is 1. The second-order valence-corrected chi connectivity index (χ2v) is 10.1. The van der Waals surface area contributed by atoms with Crippen LogP contribution in [0.3, 0.4) is 0 Å². The molecule has 172 valence electrons. The number of aryl methyl sites for hydroxylation is 1. The summed E-state index contributed by atoms with van der Waals surface area (Å²) in [6.07, 6.45) is 23.7. The topological polar surface area (TPSA) is 0 Å². The van der Waals surface area contributed by atoms with Gasteiger partial charge in [0.15, 0.2) is 0 Å². The van der Waals surface area contributed by atoms with Crippen molar-refractivity contribution >= 4 is 29.1 Å². The van der Waals surface area contributed by atoms with Gasteiger partial charge in [0, 0.05) is 19.6 Å². The molecule has 0 amide bonds. The smallest absolute Gasteiger partial charge is 0.0343 e. The first-order valence-electron chi connectivity index (χ1n) is 11.3. The van der Waals surface area contributed by atoms with Gasteiger partial charge in [-0.15, -0.1) is 0 Å². The molecular weight excluding hydrogens is 448 g/mol. The van der Waals surface area contributed by atoms with Crippen molar-refractivity contribution < 1.29 is 0 Å². The largest absolute Gasteiger partial charge is 0.0991 e. The van der Waals surface area contributed by atoms with Crippen LogP contribution in [-0.2, 0) is 0 Å². The lowest BCUT2D eigenvalue weighted by Gasteiger charge is -2.28. The first-order chi connectivity index (χ1) is 16.4. The summed E-state index contributed by atoms with van der Waals surface area (Å²) >= 11 is 3.58. The third kappa shape index (κ3) is 5.75. The number of hydrogen-bond donors (Lipinski definition) is 0. The zero-order valence-electron chi connectivity index (χ0n) is 20.4. The van der Waals surface area contributed by atoms with E-state index in [1.165, 1.54) is 26.5 Å². The van der Waals surface area contributed by atoms with Gasteiger partial charge in [-0.2, -0.15) is 0 Å². The van der Waals surface area contributed by atoms with Crippen LogP contribution in [0.5, 0.6) is 0 Å². The van der Waals surface area contributed by atoms with Crippen LogP contribution in [0.25, 0.3) is 5.57 Å². The molecule has 0 atom stereocenters. The van der Waals surface area contributed by atoms with Crippen molar-refractivity contribution in [3.05, 3.63) is 149 Å². The maximum atomic E-state index is 4.50. The Hall–Kier alpha value is -2.94. The highest BCUT2D eigenvalue weighted by atomic mass is 32.2. The second kappa shape index (κ2) is 12.0. The Morgan fingerprint density at radius 2 is 1.71 bits per heavy atom. The molecule has 0 aromatic heterocycles. The van der Waals surface area contributed by atoms with E-state index in [2.05, 4.69) is 94.8 Å². The van der Waals surface area contributed by atoms with Crippen molar-refractivity contribution in [3.8, 4) is 0 Å². The van der Waals surface area contributed by atoms with Crippen molar-refractivity contribution in [3.63, 3.8) is 0 Å². The van der Waals surface area contributed by atoms with E-state index in [-0.39, 0.29) is 0 Å². The molecule has 0 unspecified atom stereocenters. The lowest BCUT2D eigenvalue weighted by atomic mass is 10.0. The average Bonchev–Trinajstić information content (AvgIpc) is 3.14. The molecule has 0 saturated heterocycles. The summed E-state index contributed by atoms with van der Waals surface area (Å²) in [5, 5.41) is 0. The van der Waals surface area contributed by atoms with Crippen LogP contribution < -0.4 is 0 Å². The summed E-state index contributed by atoms with van der Waals surface area (Å²) < 4.78 is 0. The third-order valence-corrected chi connectivity index (χ3v) is 8.54. The molecule has 1 aliphatic heterocycles. The van der Waals surface area contributed by atoms with E-state index >= 15 is 0 Å². The van der Waals surface area contributed by atoms with Crippen LogP contribution in [-0.4, -0.2) is 0 Å². The monoisotopic (exact) mass is 480 g/mol. The first kappa shape index (κ1) is 25.7. The minimum absolute atomic E-state index is 0.876. The highest BCUT2D eigenvalue weighted by Gasteiger charge is 2.28. The Bertz CT molecular complexity index is 1250. The maximum Gasteiger partial charge on any atom is 0.0343 e. The van der Waals surface area contributed by atoms with Crippen molar-refractivity contribution in [1.82, 2.24) is 0 Å². The SMILES string of the molecule is C=C/C=C\C(=C)C(=C)C1=C(C(=C)/C(C)=C/C=C\C)Sc2c(C3=CCC=CC=C3)ccc(C)c2S1. The Kier molecular flexibility index (Phi) is 9.04. The molecule has 1 aliphatic carbocycles. The lowest BCUT2D eigenvalue weighted by Crippen LogP contribution is -2.03. The zero-order valence-corrected chi connectivity index (χ0v) is 22.0. The molecule has 2 heteroatoms. The van der Waals surface area contributed by atoms with Crippen molar-refractivity contribution in [2.75, 3.05) is 0 Å². The van der Waals surface area contributed by atoms with E-state index in [1.807, 2.05) is 25.2 Å². The van der Waals surface area contributed by atoms with Crippen LogP contribution in [0.2, 0.25) is 0 Å². The summed E-state index contributed by atoms with van der Waals surface area (Å²) in [5.74, 6) is 0. The Morgan fingerprint density at radius 3 is 2.44 bits per heavy atom. The molecule has 2 aliphatic rings. The Morgan fingerprint density at radius 1 is 0.971 bits per heavy atom. The number of benzene rings is 1. The van der Waals surface area contributed by atoms with Crippen LogP contribution in [0.15, 0.2) is 147 Å². The Labute approximate surface area is 214 Å². The summed E-state index contributed by atoms with van der Waals surface area (Å²) in [6, 6.07) is 4.47. The van der Waals surface area contributed by atoms with Crippen LogP contribution in [0.4, 0.5) is 0 Å². The molecule has 0 N–H and O–H groups in total. The van der Waals surface area contributed by atoms with Gasteiger partial charge in [0.2, 0.25) is 0 Å². The molecule has 0 saturated carbocycles. The van der Waals surface area contributed by atoms with Crippen molar-refractivity contribution in [2.24, 2.45) is 0 Å². The van der Waals surface area contributed by atoms with Gasteiger partial charge in [0.25, 0.3) is 0 Å². The average molecular weight is 481 g/mol. The molecule has 34 heavy (non-hydrogen) atoms. The molecule has 0 spiro atoms. The first-order valence-corrected chi connectivity index (χ1v) is 13.0. The molecule has 0 nitrogen and oxygen atoms in total. The van der Waals surface area contributed by atoms with Gasteiger partial charge >= 0.3 is 0 Å². The van der Waals surface area contributed by atoms with E-state index in [4.69, 9.17) is 0 Å². The second-order valence-electron chi connectivity index (χ2n) is 8.09. The molecule has 0 bridgehead atoms. The minimum Gasteiger partial charge on any atom is -0.0991 e. The third-order valence-electron chi connectivity index (χ3n) is 5.62. The zero-order chi connectivity index (χ0) is 24.7. The van der Waals surface area contributed by atoms with Crippen LogP contribution >= 0.6 is 23.5 Å². The number of hydrogen-bond acceptors (Lipinski definition) is 2. The predicted molar refractivity (Wildman–Crippen MR) is 156 cm³/mol. The molecule has 1 heterocycles. The van der Waals surface area contributed by atoms with Gasteiger partial charge in [0.05, 0.1) is 0 Å². The Balaban J connectivity index is 2.17. The van der Waals surface area contributed by atoms with Gasteiger partial charge in [-0.25, -0.2) is 0 Å². The highest BCUT2D eigenvalue weighted by Crippen LogP contribution is 2.55. The molecule has 0 radical (unpaired) electrons. The normalized spacial score (nSPS) is 16.0. The van der Waals surface area contributed by atoms with E-state index in [1.54, 1.807) is 29.6 Å². The van der Waals surface area contributed by atoms with E-state index < -0.39 is 0 Å². The summed E-state index contributed by atoms with van der Waals surface area (Å²) in [5.41, 5.74) is 7.71.